The fourth-order valence-electron chi connectivity index (χ4n) is 0.744. The number of alkyl halides is 6. The van der Waals surface area contributed by atoms with Crippen molar-refractivity contribution in [2.45, 2.75) is 31.7 Å². The first-order valence-corrected chi connectivity index (χ1v) is 4.65. The molecule has 0 rings (SSSR count). The maximum atomic E-state index is 12.0. The van der Waals surface area contributed by atoms with Crippen LogP contribution >= 0.6 is 0 Å². The molecule has 116 valence electrons. The molecule has 0 spiro atoms. The number of aliphatic hydroxyl groups is 1. The summed E-state index contributed by atoms with van der Waals surface area (Å²) < 4.78 is 79.1. The largest absolute Gasteiger partial charge is 0.438 e. The van der Waals surface area contributed by atoms with E-state index in [1.54, 1.807) is 0 Å². The lowest BCUT2D eigenvalue weighted by atomic mass is 10.3. The van der Waals surface area contributed by atoms with E-state index in [0.29, 0.717) is 0 Å². The van der Waals surface area contributed by atoms with Crippen molar-refractivity contribution < 1.29 is 50.5 Å². The Morgan fingerprint density at radius 3 is 1.75 bits per heavy atom. The maximum Gasteiger partial charge on any atom is 0.434 e. The summed E-state index contributed by atoms with van der Waals surface area (Å²) in [5.41, 5.74) is -0.347. The monoisotopic (exact) mass is 310 g/mol. The van der Waals surface area contributed by atoms with Gasteiger partial charge in [0.05, 0.1) is 0 Å². The van der Waals surface area contributed by atoms with Gasteiger partial charge in [0.25, 0.3) is 12.4 Å². The van der Waals surface area contributed by atoms with E-state index in [4.69, 9.17) is 5.11 Å². The number of esters is 2. The molecule has 1 N–H and O–H groups in total. The molecule has 0 aromatic carbocycles. The molecule has 0 fully saturated rings. The second-order valence-corrected chi connectivity index (χ2v) is 3.44. The van der Waals surface area contributed by atoms with Crippen LogP contribution in [-0.4, -0.2) is 41.8 Å². The molecule has 5 nitrogen and oxygen atoms in total. The molecule has 0 amide bonds. The van der Waals surface area contributed by atoms with E-state index in [0.717, 1.165) is 6.92 Å². The quantitative estimate of drug-likeness (QED) is 0.368. The number of hydrogen-bond donors (Lipinski definition) is 1. The van der Waals surface area contributed by atoms with Crippen LogP contribution in [0, 0.1) is 0 Å². The van der Waals surface area contributed by atoms with Crippen molar-refractivity contribution in [3.05, 3.63) is 12.2 Å². The molecule has 20 heavy (non-hydrogen) atoms. The normalized spacial score (nSPS) is 13.8. The Hall–Kier alpha value is -1.78. The van der Waals surface area contributed by atoms with Crippen LogP contribution in [-0.2, 0) is 19.1 Å². The lowest BCUT2D eigenvalue weighted by molar-refractivity contribution is -0.317. The predicted molar refractivity (Wildman–Crippen MR) is 48.9 cm³/mol. The maximum absolute atomic E-state index is 12.0. The summed E-state index contributed by atoms with van der Waals surface area (Å²) in [6.45, 7) is 4.07. The van der Waals surface area contributed by atoms with Crippen LogP contribution in [0.5, 0.6) is 0 Å². The summed E-state index contributed by atoms with van der Waals surface area (Å²) in [5.74, 6) is -3.82. The highest BCUT2D eigenvalue weighted by Gasteiger charge is 2.60. The van der Waals surface area contributed by atoms with Crippen molar-refractivity contribution in [1.82, 2.24) is 0 Å². The SMILES string of the molecule is C=C(C)C(=O)OC(O)C(=O)OC(C(F)(F)F)C(F)(F)F. The molecule has 0 saturated heterocycles. The lowest BCUT2D eigenvalue weighted by Crippen LogP contribution is -2.47. The van der Waals surface area contributed by atoms with Crippen molar-refractivity contribution in [3.8, 4) is 0 Å². The first-order chi connectivity index (χ1) is 8.76. The third kappa shape index (κ3) is 5.47. The molecule has 1 unspecified atom stereocenters. The Labute approximate surface area is 107 Å². The first-order valence-electron chi connectivity index (χ1n) is 4.65. The standard InChI is InChI=1S/C9H8F6O5/c1-3(2)4(16)19-5(17)6(18)20-7(8(10,11)12)9(13,14)15/h5,7,17H,1H2,2H3. The molecule has 0 aromatic rings. The molecule has 0 aliphatic carbocycles. The van der Waals surface area contributed by atoms with Crippen molar-refractivity contribution in [2.24, 2.45) is 0 Å². The van der Waals surface area contributed by atoms with E-state index < -0.39 is 36.7 Å². The third-order valence-corrected chi connectivity index (χ3v) is 1.60. The summed E-state index contributed by atoms with van der Waals surface area (Å²) in [6.07, 6.45) is -19.3. The minimum Gasteiger partial charge on any atom is -0.438 e. The Kier molecular flexibility index (Phi) is 5.57. The summed E-state index contributed by atoms with van der Waals surface area (Å²) >= 11 is 0. The Bertz CT molecular complexity index is 385. The van der Waals surface area contributed by atoms with Crippen LogP contribution in [0.15, 0.2) is 12.2 Å². The molecule has 1 atom stereocenters. The van der Waals surface area contributed by atoms with Gasteiger partial charge in [-0.25, -0.2) is 9.59 Å². The fraction of sp³-hybridized carbons (Fsp3) is 0.556. The van der Waals surface area contributed by atoms with Gasteiger partial charge < -0.3 is 14.6 Å². The molecule has 0 saturated carbocycles. The average molecular weight is 310 g/mol. The topological polar surface area (TPSA) is 72.8 Å². The highest BCUT2D eigenvalue weighted by atomic mass is 19.4. The fourth-order valence-corrected chi connectivity index (χ4v) is 0.744. The highest BCUT2D eigenvalue weighted by molar-refractivity contribution is 5.89. The van der Waals surface area contributed by atoms with Gasteiger partial charge in [0.1, 0.15) is 0 Å². The zero-order chi connectivity index (χ0) is 16.3. The van der Waals surface area contributed by atoms with Gasteiger partial charge in [-0.2, -0.15) is 26.3 Å². The number of halogens is 6. The Morgan fingerprint density at radius 2 is 1.45 bits per heavy atom. The number of hydrogen-bond acceptors (Lipinski definition) is 5. The highest BCUT2D eigenvalue weighted by Crippen LogP contribution is 2.35. The van der Waals surface area contributed by atoms with Crippen LogP contribution in [0.4, 0.5) is 26.3 Å². The van der Waals surface area contributed by atoms with E-state index in [9.17, 15) is 35.9 Å². The molecule has 0 aliphatic heterocycles. The van der Waals surface area contributed by atoms with E-state index >= 15 is 0 Å². The summed E-state index contributed by atoms with van der Waals surface area (Å²) in [6, 6.07) is 0. The molecule has 0 aromatic heterocycles. The smallest absolute Gasteiger partial charge is 0.434 e. The van der Waals surface area contributed by atoms with Crippen LogP contribution in [0.3, 0.4) is 0 Å². The molecule has 11 heteroatoms. The van der Waals surface area contributed by atoms with Gasteiger partial charge in [0.15, 0.2) is 0 Å². The summed E-state index contributed by atoms with van der Waals surface area (Å²) in [4.78, 5) is 21.6. The van der Waals surface area contributed by atoms with E-state index in [1.807, 2.05) is 0 Å². The molecule has 0 bridgehead atoms. The number of aliphatic hydroxyl groups excluding tert-OH is 1. The van der Waals surface area contributed by atoms with E-state index in [2.05, 4.69) is 16.1 Å². The third-order valence-electron chi connectivity index (χ3n) is 1.60. The molecular weight excluding hydrogens is 302 g/mol. The van der Waals surface area contributed by atoms with Crippen molar-refractivity contribution in [1.29, 1.82) is 0 Å². The number of carbonyl (C=O) groups excluding carboxylic acids is 2. The van der Waals surface area contributed by atoms with E-state index in [1.165, 1.54) is 0 Å². The molecule has 0 heterocycles. The number of carbonyl (C=O) groups is 2. The molecule has 0 radical (unpaired) electrons. The average Bonchev–Trinajstić information content (AvgIpc) is 2.21. The van der Waals surface area contributed by atoms with Crippen molar-refractivity contribution in [3.63, 3.8) is 0 Å². The van der Waals surface area contributed by atoms with Gasteiger partial charge in [-0.1, -0.05) is 6.58 Å². The number of rotatable bonds is 4. The Balaban J connectivity index is 4.87. The Morgan fingerprint density at radius 1 is 1.05 bits per heavy atom. The predicted octanol–water partition coefficient (Wildman–Crippen LogP) is 1.46. The van der Waals surface area contributed by atoms with Gasteiger partial charge in [-0.05, 0) is 6.92 Å². The van der Waals surface area contributed by atoms with E-state index in [-0.39, 0.29) is 5.57 Å². The lowest BCUT2D eigenvalue weighted by Gasteiger charge is -2.23. The molecular formula is C9H8F6O5. The van der Waals surface area contributed by atoms with Crippen LogP contribution in [0.25, 0.3) is 0 Å². The van der Waals surface area contributed by atoms with Crippen molar-refractivity contribution in [2.75, 3.05) is 0 Å². The van der Waals surface area contributed by atoms with Gasteiger partial charge in [-0.3, -0.25) is 0 Å². The van der Waals surface area contributed by atoms with Gasteiger partial charge in [0.2, 0.25) is 0 Å². The second-order valence-electron chi connectivity index (χ2n) is 3.44. The van der Waals surface area contributed by atoms with Gasteiger partial charge >= 0.3 is 24.3 Å². The minimum atomic E-state index is -5.94. The second kappa shape index (κ2) is 6.11. The number of ether oxygens (including phenoxy) is 2. The van der Waals surface area contributed by atoms with Gasteiger partial charge in [-0.15, -0.1) is 0 Å². The van der Waals surface area contributed by atoms with Crippen molar-refractivity contribution >= 4 is 11.9 Å². The van der Waals surface area contributed by atoms with Crippen LogP contribution in [0.2, 0.25) is 0 Å². The summed E-state index contributed by atoms with van der Waals surface area (Å²) in [5, 5.41) is 8.82. The zero-order valence-electron chi connectivity index (χ0n) is 9.71. The first kappa shape index (κ1) is 18.2. The molecule has 0 aliphatic rings. The zero-order valence-corrected chi connectivity index (χ0v) is 9.71. The van der Waals surface area contributed by atoms with Crippen LogP contribution in [0.1, 0.15) is 6.92 Å². The van der Waals surface area contributed by atoms with Crippen LogP contribution < -0.4 is 0 Å². The minimum absolute atomic E-state index is 0.347. The summed E-state index contributed by atoms with van der Waals surface area (Å²) in [7, 11) is 0. The van der Waals surface area contributed by atoms with Gasteiger partial charge in [0, 0.05) is 5.57 Å².